The highest BCUT2D eigenvalue weighted by atomic mass is 79.9. The van der Waals surface area contributed by atoms with E-state index in [9.17, 15) is 4.79 Å². The molecule has 3 aromatic rings. The summed E-state index contributed by atoms with van der Waals surface area (Å²) in [4.78, 5) is 17.8. The zero-order chi connectivity index (χ0) is 13.4. The smallest absolute Gasteiger partial charge is 0.204 e. The highest BCUT2D eigenvalue weighted by Crippen LogP contribution is 2.28. The monoisotopic (exact) mass is 331 g/mol. The quantitative estimate of drug-likeness (QED) is 0.642. The Kier molecular flexibility index (Phi) is 3.21. The summed E-state index contributed by atoms with van der Waals surface area (Å²) >= 11 is 4.87. The number of para-hydroxylation sites is 1. The summed E-state index contributed by atoms with van der Waals surface area (Å²) in [6.07, 6.45) is 0. The van der Waals surface area contributed by atoms with Crippen LogP contribution < -0.4 is 0 Å². The highest BCUT2D eigenvalue weighted by molar-refractivity contribution is 9.10. The van der Waals surface area contributed by atoms with Gasteiger partial charge in [-0.15, -0.1) is 11.3 Å². The number of thiophene rings is 1. The summed E-state index contributed by atoms with van der Waals surface area (Å²) in [7, 11) is 0. The van der Waals surface area contributed by atoms with E-state index in [0.29, 0.717) is 5.56 Å². The summed E-state index contributed by atoms with van der Waals surface area (Å²) in [6, 6.07) is 11.5. The Bertz CT molecular complexity index is 779. The number of fused-ring (bicyclic) bond motifs is 1. The molecule has 1 aromatic carbocycles. The average molecular weight is 332 g/mol. The first-order valence-electron chi connectivity index (χ1n) is 5.81. The van der Waals surface area contributed by atoms with Gasteiger partial charge in [-0.1, -0.05) is 18.2 Å². The predicted molar refractivity (Wildman–Crippen MR) is 81.9 cm³/mol. The van der Waals surface area contributed by atoms with Gasteiger partial charge >= 0.3 is 0 Å². The van der Waals surface area contributed by atoms with E-state index in [-0.39, 0.29) is 5.78 Å². The minimum Gasteiger partial charge on any atom is -0.288 e. The van der Waals surface area contributed by atoms with Gasteiger partial charge in [-0.25, -0.2) is 0 Å². The van der Waals surface area contributed by atoms with Crippen LogP contribution in [0.3, 0.4) is 0 Å². The molecule has 0 unspecified atom stereocenters. The molecule has 2 nitrogen and oxygen atoms in total. The Balaban J connectivity index is 2.25. The van der Waals surface area contributed by atoms with E-state index in [1.807, 2.05) is 48.7 Å². The molecule has 0 bridgehead atoms. The number of carbonyl (C=O) groups is 1. The predicted octanol–water partition coefficient (Wildman–Crippen LogP) is 4.60. The molecule has 0 aliphatic heterocycles. The topological polar surface area (TPSA) is 30.0 Å². The molecule has 19 heavy (non-hydrogen) atoms. The second-order valence-corrected chi connectivity index (χ2v) is 6.03. The van der Waals surface area contributed by atoms with E-state index in [2.05, 4.69) is 20.9 Å². The van der Waals surface area contributed by atoms with Crippen molar-refractivity contribution in [3.05, 3.63) is 62.4 Å². The number of pyridine rings is 1. The number of nitrogens with zero attached hydrogens (tertiary/aromatic N) is 1. The van der Waals surface area contributed by atoms with E-state index in [1.54, 1.807) is 0 Å². The van der Waals surface area contributed by atoms with Gasteiger partial charge in [0.2, 0.25) is 5.78 Å². The summed E-state index contributed by atoms with van der Waals surface area (Å²) in [5.74, 6) is 0.0450. The van der Waals surface area contributed by atoms with Gasteiger partial charge in [0.25, 0.3) is 0 Å². The number of carbonyl (C=O) groups excluding carboxylic acids is 1. The average Bonchev–Trinajstić information content (AvgIpc) is 2.83. The van der Waals surface area contributed by atoms with Gasteiger partial charge in [0.1, 0.15) is 0 Å². The minimum absolute atomic E-state index is 0.0450. The van der Waals surface area contributed by atoms with Crippen molar-refractivity contribution in [1.29, 1.82) is 0 Å². The van der Waals surface area contributed by atoms with Crippen LogP contribution in [0.25, 0.3) is 10.9 Å². The molecule has 2 heterocycles. The second kappa shape index (κ2) is 4.87. The first-order valence-corrected chi connectivity index (χ1v) is 7.48. The lowest BCUT2D eigenvalue weighted by molar-refractivity contribution is 0.104. The molecule has 0 fully saturated rings. The first-order chi connectivity index (χ1) is 9.16. The van der Waals surface area contributed by atoms with Crippen LogP contribution in [0.2, 0.25) is 0 Å². The summed E-state index contributed by atoms with van der Waals surface area (Å²) in [5, 5.41) is 2.81. The van der Waals surface area contributed by atoms with Crippen LogP contribution in [0.4, 0.5) is 0 Å². The van der Waals surface area contributed by atoms with Crippen molar-refractivity contribution >= 4 is 44.0 Å². The van der Waals surface area contributed by atoms with E-state index in [1.165, 1.54) is 11.3 Å². The highest BCUT2D eigenvalue weighted by Gasteiger charge is 2.17. The summed E-state index contributed by atoms with van der Waals surface area (Å²) in [5.41, 5.74) is 2.43. The molecule has 2 aromatic heterocycles. The third-order valence-electron chi connectivity index (χ3n) is 2.91. The Morgan fingerprint density at radius 1 is 1.26 bits per heavy atom. The third-order valence-corrected chi connectivity index (χ3v) is 4.75. The lowest BCUT2D eigenvalue weighted by Gasteiger charge is -2.06. The van der Waals surface area contributed by atoms with Crippen molar-refractivity contribution < 1.29 is 4.79 Å². The zero-order valence-corrected chi connectivity index (χ0v) is 12.6. The van der Waals surface area contributed by atoms with Crippen LogP contribution >= 0.6 is 27.3 Å². The molecule has 94 valence electrons. The molecule has 0 aliphatic carbocycles. The standard InChI is InChI=1S/C15H10BrNOS/c1-9-8-11(10-4-2-3-5-13(10)17-9)14(18)15-12(16)6-7-19-15/h2-8H,1H3. The number of aryl methyl sites for hydroxylation is 1. The lowest BCUT2D eigenvalue weighted by atomic mass is 10.0. The van der Waals surface area contributed by atoms with Crippen LogP contribution in [0.1, 0.15) is 20.9 Å². The van der Waals surface area contributed by atoms with Gasteiger partial charge in [0.05, 0.1) is 10.4 Å². The minimum atomic E-state index is 0.0450. The molecule has 0 spiro atoms. The van der Waals surface area contributed by atoms with Gasteiger partial charge in [-0.2, -0.15) is 0 Å². The lowest BCUT2D eigenvalue weighted by Crippen LogP contribution is -2.02. The molecule has 0 radical (unpaired) electrons. The van der Waals surface area contributed by atoms with Gasteiger partial charge in [-0.3, -0.25) is 9.78 Å². The Morgan fingerprint density at radius 3 is 2.79 bits per heavy atom. The number of hydrogen-bond acceptors (Lipinski definition) is 3. The Morgan fingerprint density at radius 2 is 2.05 bits per heavy atom. The fraction of sp³-hybridized carbons (Fsp3) is 0.0667. The molecule has 0 saturated heterocycles. The Labute approximate surface area is 123 Å². The SMILES string of the molecule is Cc1cc(C(=O)c2sccc2Br)c2ccccc2n1. The van der Waals surface area contributed by atoms with Gasteiger partial charge in [0, 0.05) is 21.1 Å². The molecule has 4 heteroatoms. The fourth-order valence-electron chi connectivity index (χ4n) is 2.07. The maximum absolute atomic E-state index is 12.6. The largest absolute Gasteiger partial charge is 0.288 e. The van der Waals surface area contributed by atoms with Gasteiger partial charge in [-0.05, 0) is 46.4 Å². The second-order valence-electron chi connectivity index (χ2n) is 4.26. The molecule has 0 amide bonds. The number of benzene rings is 1. The third kappa shape index (κ3) is 2.22. The normalized spacial score (nSPS) is 10.8. The molecule has 0 aliphatic rings. The Hall–Kier alpha value is -1.52. The van der Waals surface area contributed by atoms with E-state index in [4.69, 9.17) is 0 Å². The van der Waals surface area contributed by atoms with Crippen molar-refractivity contribution in [2.75, 3.05) is 0 Å². The van der Waals surface area contributed by atoms with E-state index < -0.39 is 0 Å². The van der Waals surface area contributed by atoms with Crippen LogP contribution in [0, 0.1) is 6.92 Å². The summed E-state index contributed by atoms with van der Waals surface area (Å²) in [6.45, 7) is 1.91. The van der Waals surface area contributed by atoms with E-state index >= 15 is 0 Å². The number of rotatable bonds is 2. The van der Waals surface area contributed by atoms with Gasteiger partial charge < -0.3 is 0 Å². The molecular weight excluding hydrogens is 322 g/mol. The summed E-state index contributed by atoms with van der Waals surface area (Å²) < 4.78 is 0.848. The van der Waals surface area contributed by atoms with Crippen molar-refractivity contribution in [3.8, 4) is 0 Å². The van der Waals surface area contributed by atoms with E-state index in [0.717, 1.165) is 25.9 Å². The maximum atomic E-state index is 12.6. The number of hydrogen-bond donors (Lipinski definition) is 0. The van der Waals surface area contributed by atoms with Gasteiger partial charge in [0.15, 0.2) is 0 Å². The molecular formula is C15H10BrNOS. The van der Waals surface area contributed by atoms with Crippen molar-refractivity contribution in [3.63, 3.8) is 0 Å². The van der Waals surface area contributed by atoms with Crippen molar-refractivity contribution in [2.24, 2.45) is 0 Å². The maximum Gasteiger partial charge on any atom is 0.204 e. The number of halogens is 1. The number of ketones is 1. The molecule has 0 atom stereocenters. The van der Waals surface area contributed by atoms with Crippen LogP contribution in [-0.4, -0.2) is 10.8 Å². The molecule has 0 N–H and O–H groups in total. The van der Waals surface area contributed by atoms with Crippen LogP contribution in [-0.2, 0) is 0 Å². The fourth-order valence-corrected chi connectivity index (χ4v) is 3.58. The molecule has 3 rings (SSSR count). The number of aromatic nitrogens is 1. The molecule has 0 saturated carbocycles. The zero-order valence-electron chi connectivity index (χ0n) is 10.2. The van der Waals surface area contributed by atoms with Crippen molar-refractivity contribution in [1.82, 2.24) is 4.98 Å². The van der Waals surface area contributed by atoms with Crippen LogP contribution in [0.5, 0.6) is 0 Å². The van der Waals surface area contributed by atoms with Crippen molar-refractivity contribution in [2.45, 2.75) is 6.92 Å². The van der Waals surface area contributed by atoms with Crippen LogP contribution in [0.15, 0.2) is 46.3 Å². The first kappa shape index (κ1) is 12.5.